The number of amides is 1. The highest BCUT2D eigenvalue weighted by Crippen LogP contribution is 2.25. The highest BCUT2D eigenvalue weighted by atomic mass is 79.9. The molecule has 0 saturated heterocycles. The summed E-state index contributed by atoms with van der Waals surface area (Å²) in [6.07, 6.45) is 0. The molecular formula is C20H15BrClNO. The fourth-order valence-electron chi connectivity index (χ4n) is 2.51. The first-order valence-electron chi connectivity index (χ1n) is 7.51. The van der Waals surface area contributed by atoms with Gasteiger partial charge in [0.05, 0.1) is 16.6 Å². The Balaban J connectivity index is 1.95. The lowest BCUT2D eigenvalue weighted by Gasteiger charge is -2.20. The van der Waals surface area contributed by atoms with Gasteiger partial charge in [-0.25, -0.2) is 0 Å². The van der Waals surface area contributed by atoms with Gasteiger partial charge in [-0.15, -0.1) is 0 Å². The van der Waals surface area contributed by atoms with Crippen molar-refractivity contribution in [3.63, 3.8) is 0 Å². The molecule has 24 heavy (non-hydrogen) atoms. The van der Waals surface area contributed by atoms with Gasteiger partial charge >= 0.3 is 0 Å². The molecule has 2 nitrogen and oxygen atoms in total. The minimum Gasteiger partial charge on any atom is -0.341 e. The highest BCUT2D eigenvalue weighted by Gasteiger charge is 2.19. The van der Waals surface area contributed by atoms with Gasteiger partial charge < -0.3 is 5.32 Å². The molecule has 0 heterocycles. The van der Waals surface area contributed by atoms with E-state index in [0.717, 1.165) is 15.6 Å². The number of rotatable bonds is 4. The molecule has 3 aromatic carbocycles. The third-order valence-electron chi connectivity index (χ3n) is 3.73. The van der Waals surface area contributed by atoms with Gasteiger partial charge in [0.1, 0.15) is 0 Å². The van der Waals surface area contributed by atoms with Crippen molar-refractivity contribution in [1.82, 2.24) is 5.32 Å². The van der Waals surface area contributed by atoms with E-state index in [4.69, 9.17) is 11.6 Å². The second-order valence-corrected chi connectivity index (χ2v) is 6.67. The van der Waals surface area contributed by atoms with Crippen molar-refractivity contribution in [2.45, 2.75) is 6.04 Å². The lowest BCUT2D eigenvalue weighted by Crippen LogP contribution is -2.29. The Hall–Kier alpha value is -2.10. The first-order chi connectivity index (χ1) is 11.6. The Morgan fingerprint density at radius 3 is 2.08 bits per heavy atom. The zero-order valence-electron chi connectivity index (χ0n) is 12.7. The Morgan fingerprint density at radius 2 is 1.42 bits per heavy atom. The van der Waals surface area contributed by atoms with Crippen molar-refractivity contribution >= 4 is 33.4 Å². The summed E-state index contributed by atoms with van der Waals surface area (Å²) < 4.78 is 0.996. The Bertz CT molecular complexity index is 834. The Labute approximate surface area is 154 Å². The van der Waals surface area contributed by atoms with E-state index in [1.165, 1.54) is 0 Å². The number of carbonyl (C=O) groups excluding carboxylic acids is 1. The minimum atomic E-state index is -0.247. The maximum absolute atomic E-state index is 12.7. The van der Waals surface area contributed by atoms with Crippen molar-refractivity contribution < 1.29 is 4.79 Å². The largest absolute Gasteiger partial charge is 0.341 e. The normalized spacial score (nSPS) is 11.8. The molecule has 0 aliphatic rings. The fourth-order valence-corrected chi connectivity index (χ4v) is 3.00. The van der Waals surface area contributed by atoms with Crippen molar-refractivity contribution in [3.8, 4) is 0 Å². The Morgan fingerprint density at radius 1 is 0.833 bits per heavy atom. The maximum Gasteiger partial charge on any atom is 0.253 e. The summed E-state index contributed by atoms with van der Waals surface area (Å²) in [6.45, 7) is 0. The topological polar surface area (TPSA) is 29.1 Å². The van der Waals surface area contributed by atoms with Crippen molar-refractivity contribution in [1.29, 1.82) is 0 Å². The van der Waals surface area contributed by atoms with E-state index in [9.17, 15) is 4.79 Å². The molecule has 0 radical (unpaired) electrons. The number of benzene rings is 3. The van der Waals surface area contributed by atoms with E-state index in [1.54, 1.807) is 18.2 Å². The molecule has 0 unspecified atom stereocenters. The molecule has 0 aliphatic carbocycles. The second-order valence-electron chi connectivity index (χ2n) is 5.35. The van der Waals surface area contributed by atoms with Gasteiger partial charge in [0.15, 0.2) is 0 Å². The van der Waals surface area contributed by atoms with E-state index in [-0.39, 0.29) is 11.9 Å². The minimum absolute atomic E-state index is 0.197. The van der Waals surface area contributed by atoms with E-state index in [0.29, 0.717) is 10.6 Å². The van der Waals surface area contributed by atoms with Crippen LogP contribution >= 0.6 is 27.5 Å². The molecule has 1 atom stereocenters. The van der Waals surface area contributed by atoms with Gasteiger partial charge in [-0.1, -0.05) is 82.1 Å². The summed E-state index contributed by atoms with van der Waals surface area (Å²) in [5.41, 5.74) is 2.49. The van der Waals surface area contributed by atoms with Crippen LogP contribution in [0.2, 0.25) is 5.02 Å². The zero-order chi connectivity index (χ0) is 16.9. The molecule has 0 fully saturated rings. The standard InChI is InChI=1S/C20H15BrClNO/c21-16-12-10-15(11-13-16)19(14-6-2-1-3-7-14)23-20(24)17-8-4-5-9-18(17)22/h1-13,19H,(H,23,24)/t19-/m0/s1. The molecule has 0 saturated carbocycles. The van der Waals surface area contributed by atoms with Crippen LogP contribution in [0.3, 0.4) is 0 Å². The van der Waals surface area contributed by atoms with Crippen LogP contribution in [0.4, 0.5) is 0 Å². The molecule has 0 aliphatic heterocycles. The van der Waals surface area contributed by atoms with Crippen LogP contribution in [0.5, 0.6) is 0 Å². The SMILES string of the molecule is O=C(N[C@@H](c1ccccc1)c1ccc(Br)cc1)c1ccccc1Cl. The molecule has 4 heteroatoms. The van der Waals surface area contributed by atoms with Gasteiger partial charge in [-0.3, -0.25) is 4.79 Å². The smallest absolute Gasteiger partial charge is 0.253 e. The lowest BCUT2D eigenvalue weighted by atomic mass is 9.98. The molecule has 120 valence electrons. The number of carbonyl (C=O) groups is 1. The summed E-state index contributed by atoms with van der Waals surface area (Å²) in [7, 11) is 0. The fraction of sp³-hybridized carbons (Fsp3) is 0.0500. The first kappa shape index (κ1) is 16.7. The predicted octanol–water partition coefficient (Wildman–Crippen LogP) is 5.62. The van der Waals surface area contributed by atoms with Crippen LogP contribution in [-0.4, -0.2) is 5.91 Å². The van der Waals surface area contributed by atoms with Crippen molar-refractivity contribution in [2.75, 3.05) is 0 Å². The van der Waals surface area contributed by atoms with E-state index >= 15 is 0 Å². The van der Waals surface area contributed by atoms with E-state index in [2.05, 4.69) is 21.2 Å². The van der Waals surface area contributed by atoms with Crippen LogP contribution in [0.1, 0.15) is 27.5 Å². The summed E-state index contributed by atoms with van der Waals surface area (Å²) in [6, 6.07) is 24.6. The van der Waals surface area contributed by atoms with Crippen LogP contribution < -0.4 is 5.32 Å². The number of nitrogens with one attached hydrogen (secondary N) is 1. The Kier molecular flexibility index (Phi) is 5.34. The zero-order valence-corrected chi connectivity index (χ0v) is 15.1. The molecule has 1 amide bonds. The van der Waals surface area contributed by atoms with Gasteiger partial charge in [0, 0.05) is 4.47 Å². The number of hydrogen-bond acceptors (Lipinski definition) is 1. The van der Waals surface area contributed by atoms with Crippen LogP contribution in [0, 0.1) is 0 Å². The van der Waals surface area contributed by atoms with Gasteiger partial charge in [-0.2, -0.15) is 0 Å². The molecular weight excluding hydrogens is 386 g/mol. The summed E-state index contributed by atoms with van der Waals surface area (Å²) in [5, 5.41) is 3.53. The van der Waals surface area contributed by atoms with Crippen molar-refractivity contribution in [2.24, 2.45) is 0 Å². The average Bonchev–Trinajstić information content (AvgIpc) is 2.61. The molecule has 0 spiro atoms. The van der Waals surface area contributed by atoms with E-state index in [1.807, 2.05) is 60.7 Å². The number of halogens is 2. The summed E-state index contributed by atoms with van der Waals surface area (Å²) in [5.74, 6) is -0.197. The summed E-state index contributed by atoms with van der Waals surface area (Å²) >= 11 is 9.59. The van der Waals surface area contributed by atoms with E-state index < -0.39 is 0 Å². The van der Waals surface area contributed by atoms with Crippen LogP contribution in [-0.2, 0) is 0 Å². The molecule has 0 bridgehead atoms. The van der Waals surface area contributed by atoms with Crippen molar-refractivity contribution in [3.05, 3.63) is 105 Å². The first-order valence-corrected chi connectivity index (χ1v) is 8.68. The monoisotopic (exact) mass is 399 g/mol. The van der Waals surface area contributed by atoms with Crippen LogP contribution in [0.25, 0.3) is 0 Å². The lowest BCUT2D eigenvalue weighted by molar-refractivity contribution is 0.0943. The maximum atomic E-state index is 12.7. The van der Waals surface area contributed by atoms with Gasteiger partial charge in [0.2, 0.25) is 0 Å². The average molecular weight is 401 g/mol. The number of hydrogen-bond donors (Lipinski definition) is 1. The third-order valence-corrected chi connectivity index (χ3v) is 4.59. The molecule has 0 aromatic heterocycles. The summed E-state index contributed by atoms with van der Waals surface area (Å²) in [4.78, 5) is 12.7. The predicted molar refractivity (Wildman–Crippen MR) is 101 cm³/mol. The second kappa shape index (κ2) is 7.65. The van der Waals surface area contributed by atoms with Gasteiger partial charge in [0.25, 0.3) is 5.91 Å². The highest BCUT2D eigenvalue weighted by molar-refractivity contribution is 9.10. The third kappa shape index (κ3) is 3.86. The quantitative estimate of drug-likeness (QED) is 0.605. The van der Waals surface area contributed by atoms with Crippen LogP contribution in [0.15, 0.2) is 83.3 Å². The van der Waals surface area contributed by atoms with Gasteiger partial charge in [-0.05, 0) is 35.4 Å². The molecule has 1 N–H and O–H groups in total. The molecule has 3 rings (SSSR count). The molecule has 3 aromatic rings.